The molecule has 2 aliphatic rings. The van der Waals surface area contributed by atoms with Gasteiger partial charge in [0.15, 0.2) is 23.1 Å². The molecule has 5 rings (SSSR count). The van der Waals surface area contributed by atoms with Crippen molar-refractivity contribution < 1.29 is 14.3 Å². The molecule has 0 spiro atoms. The van der Waals surface area contributed by atoms with Crippen LogP contribution in [0.2, 0.25) is 0 Å². The second kappa shape index (κ2) is 7.66. The topological polar surface area (TPSA) is 85.6 Å². The smallest absolute Gasteiger partial charge is 0.267 e. The van der Waals surface area contributed by atoms with E-state index in [-0.39, 0.29) is 12.5 Å². The lowest BCUT2D eigenvalue weighted by Gasteiger charge is -2.37. The van der Waals surface area contributed by atoms with E-state index < -0.39 is 6.10 Å². The number of aromatic nitrogens is 4. The number of rotatable bonds is 3. The Hall–Kier alpha value is -3.62. The van der Waals surface area contributed by atoms with E-state index in [1.807, 2.05) is 59.0 Å². The number of hydrogen-bond donors (Lipinski definition) is 0. The molecule has 4 heterocycles. The van der Waals surface area contributed by atoms with E-state index >= 15 is 0 Å². The Morgan fingerprint density at radius 3 is 2.43 bits per heavy atom. The van der Waals surface area contributed by atoms with Gasteiger partial charge in [-0.15, -0.1) is 10.2 Å². The minimum absolute atomic E-state index is 0.0406. The zero-order valence-electron chi connectivity index (χ0n) is 16.6. The number of para-hydroxylation sites is 2. The Kier molecular flexibility index (Phi) is 4.70. The van der Waals surface area contributed by atoms with Crippen molar-refractivity contribution >= 4 is 11.7 Å². The fraction of sp³-hybridized carbons (Fsp3) is 0.333. The molecule has 1 fully saturated rings. The molecule has 9 heteroatoms. The van der Waals surface area contributed by atoms with Crippen LogP contribution < -0.4 is 14.4 Å². The Balaban J connectivity index is 1.19. The predicted molar refractivity (Wildman–Crippen MR) is 109 cm³/mol. The number of amides is 1. The van der Waals surface area contributed by atoms with E-state index in [2.05, 4.69) is 20.1 Å². The molecular weight excluding hydrogens is 384 g/mol. The van der Waals surface area contributed by atoms with Crippen molar-refractivity contribution in [1.29, 1.82) is 0 Å². The molecule has 2 aliphatic heterocycles. The van der Waals surface area contributed by atoms with Gasteiger partial charge in [0.25, 0.3) is 5.91 Å². The number of ether oxygens (including phenoxy) is 2. The van der Waals surface area contributed by atoms with Gasteiger partial charge in [-0.25, -0.2) is 4.98 Å². The van der Waals surface area contributed by atoms with Crippen LogP contribution in [-0.4, -0.2) is 69.4 Å². The molecule has 1 aromatic carbocycles. The highest BCUT2D eigenvalue weighted by Crippen LogP contribution is 2.31. The molecular formula is C21H22N6O3. The number of nitrogens with zero attached hydrogens (tertiary/aromatic N) is 6. The van der Waals surface area contributed by atoms with Crippen LogP contribution in [0.5, 0.6) is 11.5 Å². The molecule has 1 saturated heterocycles. The zero-order valence-corrected chi connectivity index (χ0v) is 16.6. The van der Waals surface area contributed by atoms with Crippen molar-refractivity contribution in [1.82, 2.24) is 24.6 Å². The number of benzene rings is 1. The van der Waals surface area contributed by atoms with Crippen molar-refractivity contribution in [3.8, 4) is 17.3 Å². The molecule has 0 bridgehead atoms. The second-order valence-corrected chi connectivity index (χ2v) is 7.27. The number of hydrogen-bond acceptors (Lipinski definition) is 7. The first-order chi connectivity index (χ1) is 14.7. The highest BCUT2D eigenvalue weighted by molar-refractivity contribution is 5.82. The van der Waals surface area contributed by atoms with Crippen LogP contribution in [0.3, 0.4) is 0 Å². The summed E-state index contributed by atoms with van der Waals surface area (Å²) in [5.74, 6) is 3.65. The molecule has 1 atom stereocenters. The fourth-order valence-corrected chi connectivity index (χ4v) is 3.74. The van der Waals surface area contributed by atoms with Gasteiger partial charge in [0.1, 0.15) is 12.4 Å². The zero-order chi connectivity index (χ0) is 20.5. The Bertz CT molecular complexity index is 1040. The summed E-state index contributed by atoms with van der Waals surface area (Å²) in [6.45, 7) is 4.74. The lowest BCUT2D eigenvalue weighted by atomic mass is 10.2. The van der Waals surface area contributed by atoms with E-state index in [0.717, 1.165) is 17.5 Å². The number of piperazine rings is 1. The SMILES string of the molecule is Cc1nccn1-c1ccc(N2CCN(C(=O)C3COc4ccccc4O3)CC2)nn1. The van der Waals surface area contributed by atoms with E-state index in [9.17, 15) is 4.79 Å². The second-order valence-electron chi connectivity index (χ2n) is 7.27. The fourth-order valence-electron chi connectivity index (χ4n) is 3.74. The maximum Gasteiger partial charge on any atom is 0.267 e. The highest BCUT2D eigenvalue weighted by Gasteiger charge is 2.32. The maximum atomic E-state index is 12.9. The maximum absolute atomic E-state index is 12.9. The van der Waals surface area contributed by atoms with Gasteiger partial charge < -0.3 is 19.3 Å². The van der Waals surface area contributed by atoms with E-state index in [1.165, 1.54) is 0 Å². The van der Waals surface area contributed by atoms with Gasteiger partial charge in [0.05, 0.1) is 0 Å². The average Bonchev–Trinajstić information content (AvgIpc) is 3.24. The Labute approximate surface area is 173 Å². The molecule has 0 aliphatic carbocycles. The number of fused-ring (bicyclic) bond motifs is 1. The predicted octanol–water partition coefficient (Wildman–Crippen LogP) is 1.46. The van der Waals surface area contributed by atoms with Gasteiger partial charge >= 0.3 is 0 Å². The summed E-state index contributed by atoms with van der Waals surface area (Å²) in [7, 11) is 0. The summed E-state index contributed by atoms with van der Waals surface area (Å²) < 4.78 is 13.4. The monoisotopic (exact) mass is 406 g/mol. The first-order valence-corrected chi connectivity index (χ1v) is 9.95. The number of imidazole rings is 1. The summed E-state index contributed by atoms with van der Waals surface area (Å²) >= 11 is 0. The molecule has 3 aromatic rings. The van der Waals surface area contributed by atoms with Gasteiger partial charge in [0, 0.05) is 38.6 Å². The van der Waals surface area contributed by atoms with Gasteiger partial charge in [-0.3, -0.25) is 9.36 Å². The lowest BCUT2D eigenvalue weighted by Crippen LogP contribution is -2.54. The molecule has 0 N–H and O–H groups in total. The van der Waals surface area contributed by atoms with Crippen LogP contribution in [-0.2, 0) is 4.79 Å². The first-order valence-electron chi connectivity index (χ1n) is 9.95. The first kappa shape index (κ1) is 18.4. The van der Waals surface area contributed by atoms with Gasteiger partial charge in [-0.1, -0.05) is 12.1 Å². The summed E-state index contributed by atoms with van der Waals surface area (Å²) in [6.07, 6.45) is 2.99. The van der Waals surface area contributed by atoms with Gasteiger partial charge in [0.2, 0.25) is 6.10 Å². The lowest BCUT2D eigenvalue weighted by molar-refractivity contribution is -0.141. The van der Waals surface area contributed by atoms with Crippen molar-refractivity contribution in [2.75, 3.05) is 37.7 Å². The summed E-state index contributed by atoms with van der Waals surface area (Å²) in [4.78, 5) is 21.1. The van der Waals surface area contributed by atoms with Crippen LogP contribution >= 0.6 is 0 Å². The summed E-state index contributed by atoms with van der Waals surface area (Å²) in [5, 5.41) is 8.68. The third-order valence-electron chi connectivity index (χ3n) is 5.41. The standard InChI is InChI=1S/C21H22N6O3/c1-15-22-8-9-27(15)20-7-6-19(23-24-20)25-10-12-26(13-11-25)21(28)18-14-29-16-4-2-3-5-17(16)30-18/h2-9,18H,10-14H2,1H3. The normalized spacial score (nSPS) is 18.4. The number of carbonyl (C=O) groups excluding carboxylic acids is 1. The highest BCUT2D eigenvalue weighted by atomic mass is 16.6. The molecule has 154 valence electrons. The van der Waals surface area contributed by atoms with Crippen molar-refractivity contribution in [3.63, 3.8) is 0 Å². The average molecular weight is 406 g/mol. The third kappa shape index (κ3) is 3.42. The van der Waals surface area contributed by atoms with Crippen LogP contribution in [0.4, 0.5) is 5.82 Å². The Morgan fingerprint density at radius 1 is 1.00 bits per heavy atom. The van der Waals surface area contributed by atoms with Crippen molar-refractivity contribution in [3.05, 3.63) is 54.6 Å². The Morgan fingerprint density at radius 2 is 1.73 bits per heavy atom. The van der Waals surface area contributed by atoms with Crippen molar-refractivity contribution in [2.45, 2.75) is 13.0 Å². The molecule has 1 amide bonds. The molecule has 0 radical (unpaired) electrons. The number of carbonyl (C=O) groups is 1. The quantitative estimate of drug-likeness (QED) is 0.651. The van der Waals surface area contributed by atoms with Gasteiger partial charge in [-0.05, 0) is 31.2 Å². The number of aryl methyl sites for hydroxylation is 1. The minimum Gasteiger partial charge on any atom is -0.485 e. The molecule has 2 aromatic heterocycles. The van der Waals surface area contributed by atoms with Gasteiger partial charge in [-0.2, -0.15) is 0 Å². The molecule has 9 nitrogen and oxygen atoms in total. The summed E-state index contributed by atoms with van der Waals surface area (Å²) in [6, 6.07) is 11.3. The molecule has 0 saturated carbocycles. The van der Waals surface area contributed by atoms with Crippen LogP contribution in [0, 0.1) is 6.92 Å². The summed E-state index contributed by atoms with van der Waals surface area (Å²) in [5.41, 5.74) is 0. The van der Waals surface area contributed by atoms with E-state index in [0.29, 0.717) is 37.7 Å². The van der Waals surface area contributed by atoms with Crippen molar-refractivity contribution in [2.24, 2.45) is 0 Å². The van der Waals surface area contributed by atoms with E-state index in [1.54, 1.807) is 6.20 Å². The third-order valence-corrected chi connectivity index (χ3v) is 5.41. The molecule has 1 unspecified atom stereocenters. The van der Waals surface area contributed by atoms with E-state index in [4.69, 9.17) is 9.47 Å². The minimum atomic E-state index is -0.607. The number of anilines is 1. The van der Waals surface area contributed by atoms with Crippen LogP contribution in [0.25, 0.3) is 5.82 Å². The largest absolute Gasteiger partial charge is 0.485 e. The van der Waals surface area contributed by atoms with Crippen LogP contribution in [0.15, 0.2) is 48.8 Å². The molecule has 30 heavy (non-hydrogen) atoms. The van der Waals surface area contributed by atoms with Crippen LogP contribution in [0.1, 0.15) is 5.82 Å².